The van der Waals surface area contributed by atoms with Gasteiger partial charge in [0.2, 0.25) is 0 Å². The van der Waals surface area contributed by atoms with Gasteiger partial charge in [0.1, 0.15) is 5.75 Å². The molecule has 1 aliphatic heterocycles. The molecule has 2 aromatic rings. The summed E-state index contributed by atoms with van der Waals surface area (Å²) in [5, 5.41) is 9.11. The van der Waals surface area contributed by atoms with Gasteiger partial charge in [0.05, 0.1) is 19.3 Å². The van der Waals surface area contributed by atoms with E-state index in [1.165, 1.54) is 16.3 Å². The highest BCUT2D eigenvalue weighted by Gasteiger charge is 2.29. The average Bonchev–Trinajstić information content (AvgIpc) is 3.10. The quantitative estimate of drug-likeness (QED) is 0.369. The Kier molecular flexibility index (Phi) is 8.16. The van der Waals surface area contributed by atoms with Crippen molar-refractivity contribution in [1.82, 2.24) is 10.6 Å². The first kappa shape index (κ1) is 21.8. The summed E-state index contributed by atoms with van der Waals surface area (Å²) in [5.41, 5.74) is 1.10. The molecule has 1 unspecified atom stereocenters. The smallest absolute Gasteiger partial charge is 0.191 e. The standard InChI is InChI=1S/C21H29N3O2.HI/c1-4-22-20(24-15-21(2)10-5-11-26-21)23-14-16-6-7-18-13-19(25-3)9-8-17(18)12-16;/h6-9,12-13H,4-5,10-11,14-15H2,1-3H3,(H2,22,23,24);1H. The normalized spacial score (nSPS) is 19.6. The summed E-state index contributed by atoms with van der Waals surface area (Å²) in [7, 11) is 1.69. The van der Waals surface area contributed by atoms with Gasteiger partial charge in [-0.05, 0) is 61.2 Å². The SMILES string of the molecule is CCNC(=NCc1ccc2cc(OC)ccc2c1)NCC1(C)CCCO1.I. The van der Waals surface area contributed by atoms with Gasteiger partial charge in [0.25, 0.3) is 0 Å². The van der Waals surface area contributed by atoms with Crippen molar-refractivity contribution >= 4 is 40.7 Å². The van der Waals surface area contributed by atoms with Crippen LogP contribution in [0.4, 0.5) is 0 Å². The number of methoxy groups -OCH3 is 1. The van der Waals surface area contributed by atoms with Crippen molar-refractivity contribution < 1.29 is 9.47 Å². The van der Waals surface area contributed by atoms with E-state index in [1.807, 2.05) is 6.07 Å². The Bertz CT molecular complexity index is 773. The Morgan fingerprint density at radius 2 is 1.96 bits per heavy atom. The molecule has 0 aliphatic carbocycles. The van der Waals surface area contributed by atoms with E-state index in [9.17, 15) is 0 Å². The van der Waals surface area contributed by atoms with Gasteiger partial charge in [-0.2, -0.15) is 0 Å². The van der Waals surface area contributed by atoms with Crippen LogP contribution in [0.3, 0.4) is 0 Å². The summed E-state index contributed by atoms with van der Waals surface area (Å²) in [5.74, 6) is 1.71. The fraction of sp³-hybridized carbons (Fsp3) is 0.476. The molecule has 2 aromatic carbocycles. The van der Waals surface area contributed by atoms with Crippen molar-refractivity contribution in [1.29, 1.82) is 0 Å². The van der Waals surface area contributed by atoms with Crippen molar-refractivity contribution in [2.45, 2.75) is 38.8 Å². The maximum atomic E-state index is 5.84. The molecule has 27 heavy (non-hydrogen) atoms. The fourth-order valence-electron chi connectivity index (χ4n) is 3.26. The van der Waals surface area contributed by atoms with Crippen LogP contribution in [0, 0.1) is 0 Å². The van der Waals surface area contributed by atoms with Crippen molar-refractivity contribution in [3.05, 3.63) is 42.0 Å². The summed E-state index contributed by atoms with van der Waals surface area (Å²) < 4.78 is 11.1. The molecule has 1 heterocycles. The monoisotopic (exact) mass is 483 g/mol. The van der Waals surface area contributed by atoms with Gasteiger partial charge < -0.3 is 20.1 Å². The number of nitrogens with one attached hydrogen (secondary N) is 2. The molecule has 2 N–H and O–H groups in total. The summed E-state index contributed by atoms with van der Waals surface area (Å²) >= 11 is 0. The van der Waals surface area contributed by atoms with Crippen LogP contribution < -0.4 is 15.4 Å². The van der Waals surface area contributed by atoms with Crippen LogP contribution >= 0.6 is 24.0 Å². The zero-order valence-electron chi connectivity index (χ0n) is 16.4. The molecule has 1 atom stereocenters. The number of halogens is 1. The number of ether oxygens (including phenoxy) is 2. The highest BCUT2D eigenvalue weighted by atomic mass is 127. The number of fused-ring (bicyclic) bond motifs is 1. The van der Waals surface area contributed by atoms with Gasteiger partial charge in [0, 0.05) is 19.7 Å². The highest BCUT2D eigenvalue weighted by Crippen LogP contribution is 2.24. The van der Waals surface area contributed by atoms with Gasteiger partial charge in [-0.3, -0.25) is 0 Å². The Morgan fingerprint density at radius 1 is 1.19 bits per heavy atom. The molecule has 1 saturated heterocycles. The lowest BCUT2D eigenvalue weighted by Crippen LogP contribution is -2.45. The van der Waals surface area contributed by atoms with Crippen LogP contribution in [0.5, 0.6) is 5.75 Å². The van der Waals surface area contributed by atoms with E-state index in [0.29, 0.717) is 6.54 Å². The predicted octanol–water partition coefficient (Wildman–Crippen LogP) is 4.09. The number of aliphatic imine (C=N–C) groups is 1. The van der Waals surface area contributed by atoms with Crippen LogP contribution in [0.15, 0.2) is 41.4 Å². The topological polar surface area (TPSA) is 54.9 Å². The molecule has 1 fully saturated rings. The molecule has 0 spiro atoms. The van der Waals surface area contributed by atoms with Crippen molar-refractivity contribution in [2.75, 3.05) is 26.8 Å². The lowest BCUT2D eigenvalue weighted by molar-refractivity contribution is 0.0243. The molecule has 0 saturated carbocycles. The van der Waals surface area contributed by atoms with Gasteiger partial charge >= 0.3 is 0 Å². The van der Waals surface area contributed by atoms with Crippen molar-refractivity contribution in [3.8, 4) is 5.75 Å². The molecule has 5 nitrogen and oxygen atoms in total. The minimum Gasteiger partial charge on any atom is -0.497 e. The second-order valence-electron chi connectivity index (χ2n) is 7.00. The van der Waals surface area contributed by atoms with E-state index in [1.54, 1.807) is 7.11 Å². The number of rotatable bonds is 6. The summed E-state index contributed by atoms with van der Waals surface area (Å²) in [6.07, 6.45) is 2.22. The maximum Gasteiger partial charge on any atom is 0.191 e. The fourth-order valence-corrected chi connectivity index (χ4v) is 3.26. The lowest BCUT2D eigenvalue weighted by Gasteiger charge is -2.24. The average molecular weight is 483 g/mol. The number of guanidine groups is 1. The molecule has 1 aliphatic rings. The number of benzene rings is 2. The molecule has 0 bridgehead atoms. The van der Waals surface area contributed by atoms with Crippen LogP contribution in [0.25, 0.3) is 10.8 Å². The predicted molar refractivity (Wildman–Crippen MR) is 122 cm³/mol. The number of hydrogen-bond acceptors (Lipinski definition) is 3. The Morgan fingerprint density at radius 3 is 2.67 bits per heavy atom. The third-order valence-electron chi connectivity index (χ3n) is 4.81. The second-order valence-corrected chi connectivity index (χ2v) is 7.00. The third-order valence-corrected chi connectivity index (χ3v) is 4.81. The van der Waals surface area contributed by atoms with E-state index in [-0.39, 0.29) is 29.6 Å². The minimum atomic E-state index is -0.0851. The molecule has 0 aromatic heterocycles. The van der Waals surface area contributed by atoms with Gasteiger partial charge in [-0.15, -0.1) is 24.0 Å². The zero-order valence-corrected chi connectivity index (χ0v) is 18.7. The van der Waals surface area contributed by atoms with Gasteiger partial charge in [-0.25, -0.2) is 4.99 Å². The van der Waals surface area contributed by atoms with E-state index in [2.05, 4.69) is 54.8 Å². The molecule has 148 valence electrons. The Labute approximate surface area is 178 Å². The molecule has 6 heteroatoms. The van der Waals surface area contributed by atoms with Gasteiger partial charge in [-0.1, -0.05) is 18.2 Å². The second kappa shape index (κ2) is 10.1. The molecule has 0 radical (unpaired) electrons. The maximum absolute atomic E-state index is 5.84. The number of nitrogens with zero attached hydrogens (tertiary/aromatic N) is 1. The summed E-state index contributed by atoms with van der Waals surface area (Å²) in [4.78, 5) is 4.73. The highest BCUT2D eigenvalue weighted by molar-refractivity contribution is 14.0. The van der Waals surface area contributed by atoms with Crippen molar-refractivity contribution in [2.24, 2.45) is 4.99 Å². The van der Waals surface area contributed by atoms with Gasteiger partial charge in [0.15, 0.2) is 5.96 Å². The largest absolute Gasteiger partial charge is 0.497 e. The van der Waals surface area contributed by atoms with Crippen LogP contribution in [0.2, 0.25) is 0 Å². The van der Waals surface area contributed by atoms with Crippen LogP contribution in [-0.4, -0.2) is 38.4 Å². The summed E-state index contributed by atoms with van der Waals surface area (Å²) in [6.45, 7) is 7.34. The Balaban J connectivity index is 0.00000261. The minimum absolute atomic E-state index is 0. The van der Waals surface area contributed by atoms with Crippen LogP contribution in [-0.2, 0) is 11.3 Å². The first-order valence-electron chi connectivity index (χ1n) is 9.35. The van der Waals surface area contributed by atoms with E-state index in [0.717, 1.165) is 44.2 Å². The van der Waals surface area contributed by atoms with Crippen LogP contribution in [0.1, 0.15) is 32.3 Å². The lowest BCUT2D eigenvalue weighted by atomic mass is 10.0. The first-order valence-corrected chi connectivity index (χ1v) is 9.35. The first-order chi connectivity index (χ1) is 12.6. The number of hydrogen-bond donors (Lipinski definition) is 2. The molecule has 0 amide bonds. The van der Waals surface area contributed by atoms with E-state index < -0.39 is 0 Å². The Hall–Kier alpha value is -1.54. The van der Waals surface area contributed by atoms with E-state index in [4.69, 9.17) is 14.5 Å². The molecule has 3 rings (SSSR count). The zero-order chi connectivity index (χ0) is 18.4. The van der Waals surface area contributed by atoms with E-state index >= 15 is 0 Å². The summed E-state index contributed by atoms with van der Waals surface area (Å²) in [6, 6.07) is 12.6. The molecular weight excluding hydrogens is 453 g/mol. The molecular formula is C21H30IN3O2. The third kappa shape index (κ3) is 5.97. The van der Waals surface area contributed by atoms with Crippen molar-refractivity contribution in [3.63, 3.8) is 0 Å².